The molecule has 0 aromatic heterocycles. The first-order chi connectivity index (χ1) is 7.66. The molecule has 1 aliphatic carbocycles. The van der Waals surface area contributed by atoms with Gasteiger partial charge in [0.1, 0.15) is 0 Å². The summed E-state index contributed by atoms with van der Waals surface area (Å²) in [6, 6.07) is -0.397. The molecule has 0 bridgehead atoms. The molecule has 1 saturated carbocycles. The molecule has 0 spiro atoms. The highest BCUT2D eigenvalue weighted by molar-refractivity contribution is 5.88. The van der Waals surface area contributed by atoms with E-state index in [9.17, 15) is 9.59 Å². The molecule has 5 nitrogen and oxygen atoms in total. The Kier molecular flexibility index (Phi) is 3.43. The fourth-order valence-electron chi connectivity index (χ4n) is 2.32. The van der Waals surface area contributed by atoms with E-state index in [1.807, 2.05) is 4.90 Å². The van der Waals surface area contributed by atoms with Crippen molar-refractivity contribution in [3.8, 4) is 0 Å². The maximum absolute atomic E-state index is 12.0. The summed E-state index contributed by atoms with van der Waals surface area (Å²) in [4.78, 5) is 24.7. The van der Waals surface area contributed by atoms with Crippen molar-refractivity contribution in [2.75, 3.05) is 19.6 Å². The number of hydrogen-bond donors (Lipinski definition) is 2. The van der Waals surface area contributed by atoms with Gasteiger partial charge in [0.25, 0.3) is 0 Å². The van der Waals surface area contributed by atoms with Gasteiger partial charge in [-0.3, -0.25) is 9.59 Å². The lowest BCUT2D eigenvalue weighted by Crippen LogP contribution is -2.57. The van der Waals surface area contributed by atoms with Crippen LogP contribution in [0.3, 0.4) is 0 Å². The number of primary amides is 1. The van der Waals surface area contributed by atoms with Gasteiger partial charge in [-0.2, -0.15) is 0 Å². The molecule has 90 valence electrons. The Hall–Kier alpha value is -1.10. The normalized spacial score (nSPS) is 26.6. The average molecular weight is 225 g/mol. The van der Waals surface area contributed by atoms with Gasteiger partial charge in [-0.05, 0) is 18.8 Å². The smallest absolute Gasteiger partial charge is 0.240 e. The summed E-state index contributed by atoms with van der Waals surface area (Å²) in [5.41, 5.74) is 5.12. The van der Waals surface area contributed by atoms with E-state index >= 15 is 0 Å². The van der Waals surface area contributed by atoms with Crippen molar-refractivity contribution in [3.63, 3.8) is 0 Å². The van der Waals surface area contributed by atoms with Crippen LogP contribution in [-0.4, -0.2) is 42.4 Å². The van der Waals surface area contributed by atoms with Gasteiger partial charge < -0.3 is 16.0 Å². The molecule has 2 rings (SSSR count). The van der Waals surface area contributed by atoms with E-state index in [-0.39, 0.29) is 12.3 Å². The Morgan fingerprint density at radius 2 is 2.25 bits per heavy atom. The zero-order valence-corrected chi connectivity index (χ0v) is 9.45. The topological polar surface area (TPSA) is 75.4 Å². The van der Waals surface area contributed by atoms with Crippen molar-refractivity contribution in [2.45, 2.75) is 31.7 Å². The lowest BCUT2D eigenvalue weighted by atomic mass is 9.85. The maximum Gasteiger partial charge on any atom is 0.240 e. The first kappa shape index (κ1) is 11.4. The first-order valence-electron chi connectivity index (χ1n) is 5.97. The molecule has 1 atom stereocenters. The highest BCUT2D eigenvalue weighted by Crippen LogP contribution is 2.27. The predicted octanol–water partition coefficient (Wildman–Crippen LogP) is -0.538. The van der Waals surface area contributed by atoms with Crippen molar-refractivity contribution >= 4 is 11.8 Å². The number of hydrogen-bond acceptors (Lipinski definition) is 3. The molecule has 2 amide bonds. The lowest BCUT2D eigenvalue weighted by molar-refractivity contribution is -0.138. The van der Waals surface area contributed by atoms with Gasteiger partial charge in [-0.15, -0.1) is 0 Å². The third-order valence-electron chi connectivity index (χ3n) is 3.49. The number of nitrogens with one attached hydrogen (secondary N) is 1. The van der Waals surface area contributed by atoms with E-state index in [1.54, 1.807) is 0 Å². The minimum atomic E-state index is -0.420. The van der Waals surface area contributed by atoms with Gasteiger partial charge in [0.2, 0.25) is 11.8 Å². The highest BCUT2D eigenvalue weighted by atomic mass is 16.2. The third kappa shape index (κ3) is 2.52. The van der Waals surface area contributed by atoms with Crippen LogP contribution in [0, 0.1) is 5.92 Å². The summed E-state index contributed by atoms with van der Waals surface area (Å²) in [5.74, 6) is 0.296. The second kappa shape index (κ2) is 4.82. The average Bonchev–Trinajstić information content (AvgIpc) is 2.16. The van der Waals surface area contributed by atoms with E-state index in [0.29, 0.717) is 5.92 Å². The molecular formula is C11H19N3O2. The van der Waals surface area contributed by atoms with E-state index < -0.39 is 11.9 Å². The van der Waals surface area contributed by atoms with Crippen molar-refractivity contribution in [3.05, 3.63) is 0 Å². The van der Waals surface area contributed by atoms with Gasteiger partial charge in [-0.1, -0.05) is 6.42 Å². The van der Waals surface area contributed by atoms with Gasteiger partial charge in [0.05, 0.1) is 12.5 Å². The molecule has 1 aliphatic heterocycles. The quantitative estimate of drug-likeness (QED) is 0.675. The summed E-state index contributed by atoms with van der Waals surface area (Å²) in [6.07, 6.45) is 3.87. The Bertz CT molecular complexity index is 289. The Balaban J connectivity index is 1.87. The van der Waals surface area contributed by atoms with Crippen molar-refractivity contribution in [1.29, 1.82) is 0 Å². The standard InChI is InChI=1S/C11H19N3O2/c12-10(15)6-9-11(16)14(5-4-13-9)7-8-2-1-3-8/h8-9,13H,1-7H2,(H2,12,15). The lowest BCUT2D eigenvalue weighted by Gasteiger charge is -2.37. The molecule has 1 heterocycles. The molecule has 2 fully saturated rings. The number of piperazine rings is 1. The van der Waals surface area contributed by atoms with Crippen molar-refractivity contribution < 1.29 is 9.59 Å². The van der Waals surface area contributed by atoms with E-state index in [4.69, 9.17) is 5.73 Å². The number of carbonyl (C=O) groups is 2. The van der Waals surface area contributed by atoms with Crippen LogP contribution in [0.15, 0.2) is 0 Å². The number of rotatable bonds is 4. The second-order valence-electron chi connectivity index (χ2n) is 4.76. The van der Waals surface area contributed by atoms with Crippen LogP contribution in [0.25, 0.3) is 0 Å². The SMILES string of the molecule is NC(=O)CC1NCCN(CC2CCC2)C1=O. The Morgan fingerprint density at radius 3 is 2.81 bits per heavy atom. The highest BCUT2D eigenvalue weighted by Gasteiger charge is 2.31. The molecule has 1 unspecified atom stereocenters. The molecule has 0 aromatic carbocycles. The predicted molar refractivity (Wildman–Crippen MR) is 59.5 cm³/mol. The summed E-state index contributed by atoms with van der Waals surface area (Å²) >= 11 is 0. The zero-order valence-electron chi connectivity index (χ0n) is 9.45. The Morgan fingerprint density at radius 1 is 1.50 bits per heavy atom. The van der Waals surface area contributed by atoms with E-state index in [2.05, 4.69) is 5.32 Å². The molecule has 3 N–H and O–H groups in total. The molecule has 0 radical (unpaired) electrons. The van der Waals surface area contributed by atoms with Crippen molar-refractivity contribution in [2.24, 2.45) is 11.7 Å². The number of carbonyl (C=O) groups excluding carboxylic acids is 2. The third-order valence-corrected chi connectivity index (χ3v) is 3.49. The first-order valence-corrected chi connectivity index (χ1v) is 5.97. The van der Waals surface area contributed by atoms with E-state index in [0.717, 1.165) is 19.6 Å². The summed E-state index contributed by atoms with van der Waals surface area (Å²) < 4.78 is 0. The van der Waals surface area contributed by atoms with Gasteiger partial charge in [0.15, 0.2) is 0 Å². The van der Waals surface area contributed by atoms with Gasteiger partial charge in [0, 0.05) is 19.6 Å². The van der Waals surface area contributed by atoms with Crippen LogP contribution in [0.1, 0.15) is 25.7 Å². The fourth-order valence-corrected chi connectivity index (χ4v) is 2.32. The minimum Gasteiger partial charge on any atom is -0.370 e. The fraction of sp³-hybridized carbons (Fsp3) is 0.818. The van der Waals surface area contributed by atoms with E-state index in [1.165, 1.54) is 19.3 Å². The minimum absolute atomic E-state index is 0.0388. The number of amides is 2. The van der Waals surface area contributed by atoms with Gasteiger partial charge >= 0.3 is 0 Å². The molecule has 2 aliphatic rings. The van der Waals surface area contributed by atoms with Crippen LogP contribution >= 0.6 is 0 Å². The van der Waals surface area contributed by atoms with Crippen LogP contribution in [0.4, 0.5) is 0 Å². The van der Waals surface area contributed by atoms with Crippen molar-refractivity contribution in [1.82, 2.24) is 10.2 Å². The summed E-state index contributed by atoms with van der Waals surface area (Å²) in [7, 11) is 0. The van der Waals surface area contributed by atoms with Crippen LogP contribution in [-0.2, 0) is 9.59 Å². The number of nitrogens with zero attached hydrogens (tertiary/aromatic N) is 1. The molecule has 1 saturated heterocycles. The van der Waals surface area contributed by atoms with Crippen LogP contribution in [0.2, 0.25) is 0 Å². The number of nitrogens with two attached hydrogens (primary N) is 1. The second-order valence-corrected chi connectivity index (χ2v) is 4.76. The zero-order chi connectivity index (χ0) is 11.5. The molecule has 5 heteroatoms. The summed E-state index contributed by atoms with van der Waals surface area (Å²) in [6.45, 7) is 2.37. The molecule has 16 heavy (non-hydrogen) atoms. The maximum atomic E-state index is 12.0. The summed E-state index contributed by atoms with van der Waals surface area (Å²) in [5, 5.41) is 3.05. The monoisotopic (exact) mass is 225 g/mol. The Labute approximate surface area is 95.3 Å². The molecule has 0 aromatic rings. The van der Waals surface area contributed by atoms with Crippen LogP contribution < -0.4 is 11.1 Å². The molecular weight excluding hydrogens is 206 g/mol. The van der Waals surface area contributed by atoms with Gasteiger partial charge in [-0.25, -0.2) is 0 Å². The van der Waals surface area contributed by atoms with Crippen LogP contribution in [0.5, 0.6) is 0 Å². The largest absolute Gasteiger partial charge is 0.370 e.